The minimum absolute atomic E-state index is 0.383. The molecule has 0 atom stereocenters. The Balaban J connectivity index is 2.19. The van der Waals surface area contributed by atoms with Gasteiger partial charge in [0.2, 0.25) is 5.88 Å². The van der Waals surface area contributed by atoms with Crippen LogP contribution in [0, 0.1) is 0 Å². The molecule has 0 aromatic carbocycles. The molecule has 0 aliphatic rings. The van der Waals surface area contributed by atoms with Crippen molar-refractivity contribution in [2.24, 2.45) is 5.73 Å². The number of nitrogen functional groups attached to an aromatic ring is 1. The van der Waals surface area contributed by atoms with Gasteiger partial charge in [0.15, 0.2) is 0 Å². The number of aromatic nitrogens is 1. The molecule has 112 valence electrons. The zero-order chi connectivity index (χ0) is 15.4. The Bertz CT molecular complexity index is 658. The van der Waals surface area contributed by atoms with E-state index >= 15 is 0 Å². The second kappa shape index (κ2) is 6.68. The van der Waals surface area contributed by atoms with Gasteiger partial charge in [0.05, 0.1) is 17.7 Å². The smallest absolute Gasteiger partial charge is 0.261 e. The van der Waals surface area contributed by atoms with E-state index in [1.165, 1.54) is 23.1 Å². The van der Waals surface area contributed by atoms with Crippen LogP contribution in [0.2, 0.25) is 0 Å². The lowest BCUT2D eigenvalue weighted by Crippen LogP contribution is -2.10. The van der Waals surface area contributed by atoms with Crippen LogP contribution in [-0.4, -0.2) is 24.3 Å². The van der Waals surface area contributed by atoms with E-state index < -0.39 is 5.91 Å². The topological polar surface area (TPSA) is 103 Å². The minimum Gasteiger partial charge on any atom is -0.481 e. The van der Waals surface area contributed by atoms with Crippen LogP contribution in [0.3, 0.4) is 0 Å². The van der Waals surface area contributed by atoms with Crippen LogP contribution in [0.25, 0.3) is 0 Å². The first-order chi connectivity index (χ1) is 10.1. The summed E-state index contributed by atoms with van der Waals surface area (Å²) < 4.78 is 5.08. The molecule has 5 N–H and O–H groups in total. The molecule has 0 unspecified atom stereocenters. The molecule has 2 aromatic heterocycles. The number of nitrogens with two attached hydrogens (primary N) is 2. The summed E-state index contributed by atoms with van der Waals surface area (Å²) in [7, 11) is 1.57. The monoisotopic (exact) mass is 324 g/mol. The predicted molar refractivity (Wildman–Crippen MR) is 87.1 cm³/mol. The number of thiophene rings is 1. The van der Waals surface area contributed by atoms with Crippen LogP contribution in [0.4, 0.5) is 10.7 Å². The number of rotatable bonds is 6. The predicted octanol–water partition coefficient (Wildman–Crippen LogP) is 2.17. The quantitative estimate of drug-likeness (QED) is 0.704. The van der Waals surface area contributed by atoms with Gasteiger partial charge >= 0.3 is 0 Å². The first kappa shape index (κ1) is 15.5. The molecule has 0 saturated heterocycles. The number of nitrogens with zero attached hydrogens (tertiary/aromatic N) is 1. The van der Waals surface area contributed by atoms with Crippen molar-refractivity contribution in [2.75, 3.05) is 24.4 Å². The maximum absolute atomic E-state index is 11.4. The van der Waals surface area contributed by atoms with Crippen molar-refractivity contribution in [1.82, 2.24) is 4.98 Å². The largest absolute Gasteiger partial charge is 0.481 e. The van der Waals surface area contributed by atoms with E-state index in [-0.39, 0.29) is 0 Å². The lowest BCUT2D eigenvalue weighted by atomic mass is 10.2. The van der Waals surface area contributed by atoms with Gasteiger partial charge in [-0.2, -0.15) is 0 Å². The van der Waals surface area contributed by atoms with Crippen molar-refractivity contribution in [3.63, 3.8) is 0 Å². The fourth-order valence-corrected chi connectivity index (χ4v) is 3.67. The number of amides is 1. The van der Waals surface area contributed by atoms with Gasteiger partial charge in [0.1, 0.15) is 9.88 Å². The van der Waals surface area contributed by atoms with Crippen LogP contribution < -0.4 is 21.5 Å². The lowest BCUT2D eigenvalue weighted by molar-refractivity contribution is 0.100. The minimum atomic E-state index is -0.508. The van der Waals surface area contributed by atoms with Crippen LogP contribution >= 0.6 is 23.1 Å². The van der Waals surface area contributed by atoms with Crippen LogP contribution in [-0.2, 0) is 6.54 Å². The SMILES string of the molecule is COc1cc(CNc2sc(C(N)=O)c(N)c2SC)ccn1. The molecule has 2 heterocycles. The third kappa shape index (κ3) is 3.40. The number of nitrogens with one attached hydrogen (secondary N) is 1. The molecule has 21 heavy (non-hydrogen) atoms. The Kier molecular flexibility index (Phi) is 4.92. The number of primary amides is 1. The van der Waals surface area contributed by atoms with E-state index in [4.69, 9.17) is 16.2 Å². The molecule has 2 rings (SSSR count). The lowest BCUT2D eigenvalue weighted by Gasteiger charge is -2.07. The molecule has 2 aromatic rings. The summed E-state index contributed by atoms with van der Waals surface area (Å²) in [5, 5.41) is 4.11. The van der Waals surface area contributed by atoms with E-state index in [9.17, 15) is 4.79 Å². The molecule has 6 nitrogen and oxygen atoms in total. The summed E-state index contributed by atoms with van der Waals surface area (Å²) in [6.45, 7) is 0.574. The Morgan fingerprint density at radius 1 is 1.57 bits per heavy atom. The molecule has 0 saturated carbocycles. The Morgan fingerprint density at radius 3 is 2.95 bits per heavy atom. The maximum Gasteiger partial charge on any atom is 0.261 e. The van der Waals surface area contributed by atoms with Crippen molar-refractivity contribution >= 4 is 39.7 Å². The number of carbonyl (C=O) groups excluding carboxylic acids is 1. The van der Waals surface area contributed by atoms with Gasteiger partial charge in [-0.25, -0.2) is 4.98 Å². The number of ether oxygens (including phenoxy) is 1. The average molecular weight is 324 g/mol. The van der Waals surface area contributed by atoms with E-state index in [1.807, 2.05) is 18.4 Å². The summed E-state index contributed by atoms with van der Waals surface area (Å²) in [5.74, 6) is 0.0503. The van der Waals surface area contributed by atoms with Gasteiger partial charge in [-0.15, -0.1) is 23.1 Å². The zero-order valence-electron chi connectivity index (χ0n) is 11.7. The second-order valence-electron chi connectivity index (χ2n) is 4.13. The Labute approximate surface area is 130 Å². The summed E-state index contributed by atoms with van der Waals surface area (Å²) in [6, 6.07) is 3.73. The highest BCUT2D eigenvalue weighted by molar-refractivity contribution is 7.99. The second-order valence-corrected chi connectivity index (χ2v) is 5.97. The molecule has 0 bridgehead atoms. The van der Waals surface area contributed by atoms with Crippen LogP contribution in [0.15, 0.2) is 23.2 Å². The van der Waals surface area contributed by atoms with Crippen LogP contribution in [0.1, 0.15) is 15.2 Å². The van der Waals surface area contributed by atoms with Crippen LogP contribution in [0.5, 0.6) is 5.88 Å². The van der Waals surface area contributed by atoms with E-state index in [1.54, 1.807) is 13.3 Å². The first-order valence-electron chi connectivity index (χ1n) is 6.05. The van der Waals surface area contributed by atoms with Gasteiger partial charge in [-0.1, -0.05) is 0 Å². The molecule has 0 spiro atoms. The molecule has 8 heteroatoms. The molecule has 1 amide bonds. The number of carbonyl (C=O) groups is 1. The molecular weight excluding hydrogens is 308 g/mol. The molecule has 0 radical (unpaired) electrons. The van der Waals surface area contributed by atoms with Gasteiger partial charge in [-0.3, -0.25) is 4.79 Å². The number of thioether (sulfide) groups is 1. The van der Waals surface area contributed by atoms with Crippen molar-refractivity contribution in [2.45, 2.75) is 11.4 Å². The Morgan fingerprint density at radius 2 is 2.33 bits per heavy atom. The highest BCUT2D eigenvalue weighted by atomic mass is 32.2. The molecule has 0 aliphatic carbocycles. The van der Waals surface area contributed by atoms with Gasteiger partial charge in [0, 0.05) is 18.8 Å². The molecular formula is C13H16N4O2S2. The Hall–Kier alpha value is -1.93. The summed E-state index contributed by atoms with van der Waals surface area (Å²) in [6.07, 6.45) is 3.59. The molecule has 0 aliphatic heterocycles. The summed E-state index contributed by atoms with van der Waals surface area (Å²) >= 11 is 2.75. The van der Waals surface area contributed by atoms with Crippen molar-refractivity contribution in [3.8, 4) is 5.88 Å². The average Bonchev–Trinajstić information content (AvgIpc) is 2.81. The fraction of sp³-hybridized carbons (Fsp3) is 0.231. The normalized spacial score (nSPS) is 10.4. The third-order valence-corrected chi connectivity index (χ3v) is 4.93. The third-order valence-electron chi connectivity index (χ3n) is 2.79. The summed E-state index contributed by atoms with van der Waals surface area (Å²) in [4.78, 5) is 16.6. The van der Waals surface area contributed by atoms with E-state index in [2.05, 4.69) is 10.3 Å². The van der Waals surface area contributed by atoms with Gasteiger partial charge < -0.3 is 21.5 Å². The highest BCUT2D eigenvalue weighted by Crippen LogP contribution is 2.41. The van der Waals surface area contributed by atoms with Crippen molar-refractivity contribution in [3.05, 3.63) is 28.8 Å². The van der Waals surface area contributed by atoms with E-state index in [0.29, 0.717) is 23.0 Å². The van der Waals surface area contributed by atoms with Gasteiger partial charge in [0.25, 0.3) is 5.91 Å². The van der Waals surface area contributed by atoms with Crippen molar-refractivity contribution < 1.29 is 9.53 Å². The van der Waals surface area contributed by atoms with Gasteiger partial charge in [-0.05, 0) is 17.9 Å². The number of hydrogen-bond donors (Lipinski definition) is 3. The number of anilines is 2. The first-order valence-corrected chi connectivity index (χ1v) is 8.09. The number of methoxy groups -OCH3 is 1. The number of pyridine rings is 1. The standard InChI is InChI=1S/C13H16N4O2S2/c1-19-8-5-7(3-4-16-8)6-17-13-11(20-2)9(14)10(21-13)12(15)18/h3-5,17H,6,14H2,1-2H3,(H2,15,18). The fourth-order valence-electron chi connectivity index (χ4n) is 1.79. The zero-order valence-corrected chi connectivity index (χ0v) is 13.3. The summed E-state index contributed by atoms with van der Waals surface area (Å²) in [5.41, 5.74) is 12.7. The van der Waals surface area contributed by atoms with Crippen molar-refractivity contribution in [1.29, 1.82) is 0 Å². The van der Waals surface area contributed by atoms with E-state index in [0.717, 1.165) is 15.5 Å². The highest BCUT2D eigenvalue weighted by Gasteiger charge is 2.18. The maximum atomic E-state index is 11.4. The number of hydrogen-bond acceptors (Lipinski definition) is 7. The molecule has 0 fully saturated rings.